The molecule has 1 aliphatic rings. The van der Waals surface area contributed by atoms with E-state index in [9.17, 15) is 0 Å². The van der Waals surface area contributed by atoms with Gasteiger partial charge in [0.05, 0.1) is 0 Å². The van der Waals surface area contributed by atoms with Gasteiger partial charge in [0.2, 0.25) is 0 Å². The summed E-state index contributed by atoms with van der Waals surface area (Å²) in [4.78, 5) is 2.11. The van der Waals surface area contributed by atoms with E-state index in [-0.39, 0.29) is 0 Å². The number of nitrogens with one attached hydrogen (secondary N) is 1. The molecule has 0 atom stereocenters. The molecular formula is C31H36N2. The lowest BCUT2D eigenvalue weighted by Crippen LogP contribution is -2.35. The van der Waals surface area contributed by atoms with Gasteiger partial charge in [-0.2, -0.15) is 0 Å². The normalized spacial score (nSPS) is 15.5. The monoisotopic (exact) mass is 436 g/mol. The Balaban J connectivity index is 2.07. The van der Waals surface area contributed by atoms with E-state index < -0.39 is 0 Å². The van der Waals surface area contributed by atoms with E-state index in [0.29, 0.717) is 0 Å². The Morgan fingerprint density at radius 1 is 0.970 bits per heavy atom. The first-order valence-corrected chi connectivity index (χ1v) is 11.7. The largest absolute Gasteiger partial charge is 0.345 e. The summed E-state index contributed by atoms with van der Waals surface area (Å²) in [6.45, 7) is 21.5. The molecule has 0 bridgehead atoms. The highest BCUT2D eigenvalue weighted by Crippen LogP contribution is 2.39. The molecule has 0 fully saturated rings. The zero-order valence-corrected chi connectivity index (χ0v) is 20.9. The Labute approximate surface area is 200 Å². The SMILES string of the molecule is C=C1NC(C)=C(/C(=C\C)c2ccc(-c3ccccc3C)c(C)c2)C(=C)N1C(/C=C\C)=C/CC. The van der Waals surface area contributed by atoms with Crippen molar-refractivity contribution in [1.82, 2.24) is 10.2 Å². The predicted molar refractivity (Wildman–Crippen MR) is 144 cm³/mol. The first-order chi connectivity index (χ1) is 15.8. The molecule has 0 saturated heterocycles. The van der Waals surface area contributed by atoms with Crippen molar-refractivity contribution in [2.24, 2.45) is 0 Å². The van der Waals surface area contributed by atoms with Gasteiger partial charge < -0.3 is 5.32 Å². The number of rotatable bonds is 6. The van der Waals surface area contributed by atoms with E-state index in [1.807, 2.05) is 6.92 Å². The molecule has 2 nitrogen and oxygen atoms in total. The van der Waals surface area contributed by atoms with Crippen molar-refractivity contribution in [2.45, 2.75) is 48.0 Å². The molecule has 2 aromatic carbocycles. The van der Waals surface area contributed by atoms with Gasteiger partial charge in [0.15, 0.2) is 0 Å². The lowest BCUT2D eigenvalue weighted by atomic mass is 9.88. The maximum atomic E-state index is 4.51. The van der Waals surface area contributed by atoms with Gasteiger partial charge in [-0.25, -0.2) is 0 Å². The summed E-state index contributed by atoms with van der Waals surface area (Å²) in [6, 6.07) is 15.3. The van der Waals surface area contributed by atoms with Gasteiger partial charge in [0.1, 0.15) is 5.82 Å². The Hall–Kier alpha value is -3.52. The zero-order valence-electron chi connectivity index (χ0n) is 20.9. The maximum absolute atomic E-state index is 4.51. The number of benzene rings is 2. The number of nitrogens with zero attached hydrogens (tertiary/aromatic N) is 1. The Bertz CT molecular complexity index is 1200. The summed E-state index contributed by atoms with van der Waals surface area (Å²) in [5, 5.41) is 3.49. The first-order valence-electron chi connectivity index (χ1n) is 11.7. The second-order valence-electron chi connectivity index (χ2n) is 8.44. The molecule has 0 radical (unpaired) electrons. The quantitative estimate of drug-likeness (QED) is 0.457. The van der Waals surface area contributed by atoms with Crippen molar-refractivity contribution in [2.75, 3.05) is 0 Å². The lowest BCUT2D eigenvalue weighted by Gasteiger charge is -2.37. The van der Waals surface area contributed by atoms with Crippen LogP contribution in [0.5, 0.6) is 0 Å². The molecule has 0 aliphatic carbocycles. The maximum Gasteiger partial charge on any atom is 0.107 e. The summed E-state index contributed by atoms with van der Waals surface area (Å²) in [5.74, 6) is 0.820. The predicted octanol–water partition coefficient (Wildman–Crippen LogP) is 8.41. The molecule has 0 unspecified atom stereocenters. The smallest absolute Gasteiger partial charge is 0.107 e. The van der Waals surface area contributed by atoms with Gasteiger partial charge in [0.25, 0.3) is 0 Å². The topological polar surface area (TPSA) is 15.3 Å². The molecular weight excluding hydrogens is 400 g/mol. The van der Waals surface area contributed by atoms with Gasteiger partial charge in [-0.15, -0.1) is 0 Å². The van der Waals surface area contributed by atoms with Crippen LogP contribution < -0.4 is 5.32 Å². The van der Waals surface area contributed by atoms with E-state index >= 15 is 0 Å². The molecule has 2 heteroatoms. The number of allylic oxidation sites excluding steroid dienone is 6. The van der Waals surface area contributed by atoms with E-state index in [0.717, 1.165) is 34.9 Å². The fraction of sp³-hybridized carbons (Fsp3) is 0.226. The van der Waals surface area contributed by atoms with Crippen LogP contribution in [-0.2, 0) is 0 Å². The fourth-order valence-corrected chi connectivity index (χ4v) is 4.57. The van der Waals surface area contributed by atoms with Crippen LogP contribution in [-0.4, -0.2) is 4.90 Å². The molecule has 0 saturated carbocycles. The molecule has 33 heavy (non-hydrogen) atoms. The van der Waals surface area contributed by atoms with E-state index in [4.69, 9.17) is 0 Å². The zero-order chi connectivity index (χ0) is 24.1. The third-order valence-corrected chi connectivity index (χ3v) is 6.07. The van der Waals surface area contributed by atoms with Crippen LogP contribution in [0, 0.1) is 13.8 Å². The van der Waals surface area contributed by atoms with Crippen molar-refractivity contribution in [1.29, 1.82) is 0 Å². The second-order valence-corrected chi connectivity index (χ2v) is 8.44. The number of aryl methyl sites for hydroxylation is 2. The molecule has 1 heterocycles. The van der Waals surface area contributed by atoms with Gasteiger partial charge in [-0.1, -0.05) is 80.8 Å². The third kappa shape index (κ3) is 4.80. The standard InChI is InChI=1S/C31H36N2/c1-9-14-27(15-10-2)33-24(7)31(23(6)32-25(33)8)28(11-3)26-18-19-30(22(5)20-26)29-17-13-12-16-21(29)4/h9,11-20,32H,7-8,10H2,1-6H3/b14-9-,27-15+,28-11-. The van der Waals surface area contributed by atoms with Crippen molar-refractivity contribution >= 4 is 5.57 Å². The third-order valence-electron chi connectivity index (χ3n) is 6.07. The average molecular weight is 437 g/mol. The number of hydrogen-bond donors (Lipinski definition) is 1. The molecule has 1 aliphatic heterocycles. The highest BCUT2D eigenvalue weighted by atomic mass is 15.3. The molecule has 0 amide bonds. The molecule has 2 aromatic rings. The lowest BCUT2D eigenvalue weighted by molar-refractivity contribution is 0.497. The molecule has 0 aromatic heterocycles. The highest BCUT2D eigenvalue weighted by Gasteiger charge is 2.27. The van der Waals surface area contributed by atoms with Crippen molar-refractivity contribution in [3.8, 4) is 11.1 Å². The van der Waals surface area contributed by atoms with Crippen LogP contribution in [0.3, 0.4) is 0 Å². The summed E-state index contributed by atoms with van der Waals surface area (Å²) in [6.07, 6.45) is 9.48. The van der Waals surface area contributed by atoms with Crippen LogP contribution in [0.4, 0.5) is 0 Å². The molecule has 170 valence electrons. The molecule has 1 N–H and O–H groups in total. The average Bonchev–Trinajstić information content (AvgIpc) is 2.77. The molecule has 3 rings (SSSR count). The summed E-state index contributed by atoms with van der Waals surface area (Å²) < 4.78 is 0. The van der Waals surface area contributed by atoms with Crippen molar-refractivity contribution < 1.29 is 0 Å². The van der Waals surface area contributed by atoms with Gasteiger partial charge in [0, 0.05) is 22.7 Å². The van der Waals surface area contributed by atoms with Crippen molar-refractivity contribution in [3.05, 3.63) is 125 Å². The fourth-order valence-electron chi connectivity index (χ4n) is 4.57. The Morgan fingerprint density at radius 2 is 1.67 bits per heavy atom. The van der Waals surface area contributed by atoms with Gasteiger partial charge in [-0.3, -0.25) is 4.90 Å². The first kappa shape index (κ1) is 24.1. The van der Waals surface area contributed by atoms with Crippen LogP contribution in [0.2, 0.25) is 0 Å². The highest BCUT2D eigenvalue weighted by molar-refractivity contribution is 5.86. The minimum atomic E-state index is 0.820. The van der Waals surface area contributed by atoms with Gasteiger partial charge in [-0.05, 0) is 80.5 Å². The van der Waals surface area contributed by atoms with Crippen molar-refractivity contribution in [3.63, 3.8) is 0 Å². The van der Waals surface area contributed by atoms with Gasteiger partial charge >= 0.3 is 0 Å². The van der Waals surface area contributed by atoms with Crippen LogP contribution in [0.25, 0.3) is 16.7 Å². The summed E-state index contributed by atoms with van der Waals surface area (Å²) >= 11 is 0. The Morgan fingerprint density at radius 3 is 2.27 bits per heavy atom. The van der Waals surface area contributed by atoms with Crippen LogP contribution in [0.1, 0.15) is 50.8 Å². The minimum Gasteiger partial charge on any atom is -0.345 e. The molecule has 0 spiro atoms. The Kier molecular flexibility index (Phi) is 7.60. The van der Waals surface area contributed by atoms with Crippen LogP contribution >= 0.6 is 0 Å². The van der Waals surface area contributed by atoms with E-state index in [2.05, 4.69) is 125 Å². The van der Waals surface area contributed by atoms with Crippen LogP contribution in [0.15, 0.2) is 108 Å². The summed E-state index contributed by atoms with van der Waals surface area (Å²) in [5.41, 5.74) is 11.6. The minimum absolute atomic E-state index is 0.820. The second kappa shape index (κ2) is 10.4. The van der Waals surface area contributed by atoms with E-state index in [1.165, 1.54) is 33.4 Å². The van der Waals surface area contributed by atoms with E-state index in [1.54, 1.807) is 0 Å². The number of hydrogen-bond acceptors (Lipinski definition) is 2. The summed E-state index contributed by atoms with van der Waals surface area (Å²) in [7, 11) is 0.